The molecule has 27 heavy (non-hydrogen) atoms. The van der Waals surface area contributed by atoms with E-state index < -0.39 is 17.5 Å². The number of nitrogens with one attached hydrogen (secondary N) is 1. The molecule has 2 aromatic rings. The summed E-state index contributed by atoms with van der Waals surface area (Å²) >= 11 is 5.53. The SMILES string of the molecule is C=O.C=O.CCC.Cc1ccc(C(=O)Nc2cc(F)c(F)c(Cl)c2)cc1C. The van der Waals surface area contributed by atoms with Crippen LogP contribution in [0.3, 0.4) is 0 Å². The second-order valence-electron chi connectivity index (χ2n) is 5.21. The van der Waals surface area contributed by atoms with Gasteiger partial charge >= 0.3 is 0 Å². The molecular weight excluding hydrogens is 376 g/mol. The number of benzene rings is 2. The molecule has 0 aliphatic carbocycles. The molecule has 2 rings (SSSR count). The van der Waals surface area contributed by atoms with Crippen LogP contribution >= 0.6 is 11.6 Å². The van der Waals surface area contributed by atoms with E-state index in [2.05, 4.69) is 19.2 Å². The Morgan fingerprint density at radius 1 is 1.00 bits per heavy atom. The molecule has 0 spiro atoms. The smallest absolute Gasteiger partial charge is 0.255 e. The van der Waals surface area contributed by atoms with Gasteiger partial charge in [0.15, 0.2) is 11.6 Å². The molecule has 148 valence electrons. The monoisotopic (exact) mass is 399 g/mol. The van der Waals surface area contributed by atoms with Gasteiger partial charge in [-0.3, -0.25) is 4.79 Å². The molecule has 0 heterocycles. The van der Waals surface area contributed by atoms with Gasteiger partial charge in [-0.05, 0) is 43.2 Å². The van der Waals surface area contributed by atoms with Crippen LogP contribution in [0.4, 0.5) is 14.5 Å². The second-order valence-corrected chi connectivity index (χ2v) is 5.62. The fourth-order valence-electron chi connectivity index (χ4n) is 1.71. The number of rotatable bonds is 2. The summed E-state index contributed by atoms with van der Waals surface area (Å²) in [6.07, 6.45) is 1.25. The third-order valence-corrected chi connectivity index (χ3v) is 3.29. The summed E-state index contributed by atoms with van der Waals surface area (Å²) in [5.41, 5.74) is 2.59. The lowest BCUT2D eigenvalue weighted by Crippen LogP contribution is -2.12. The molecule has 0 radical (unpaired) electrons. The Morgan fingerprint density at radius 2 is 1.52 bits per heavy atom. The van der Waals surface area contributed by atoms with E-state index >= 15 is 0 Å². The van der Waals surface area contributed by atoms with Gasteiger partial charge in [-0.25, -0.2) is 8.78 Å². The number of hydrogen-bond acceptors (Lipinski definition) is 3. The lowest BCUT2D eigenvalue weighted by molar-refractivity contribution is -0.0987. The summed E-state index contributed by atoms with van der Waals surface area (Å²) in [7, 11) is 0. The molecule has 0 unspecified atom stereocenters. The zero-order valence-corrected chi connectivity index (χ0v) is 16.6. The van der Waals surface area contributed by atoms with Crippen molar-refractivity contribution in [2.45, 2.75) is 34.1 Å². The molecule has 0 aliphatic rings. The minimum Gasteiger partial charge on any atom is -0.322 e. The third-order valence-electron chi connectivity index (χ3n) is 3.01. The zero-order valence-electron chi connectivity index (χ0n) is 15.9. The van der Waals surface area contributed by atoms with Gasteiger partial charge in [0.25, 0.3) is 5.91 Å². The van der Waals surface area contributed by atoms with Crippen LogP contribution in [0.25, 0.3) is 0 Å². The number of hydrogen-bond donors (Lipinski definition) is 1. The summed E-state index contributed by atoms with van der Waals surface area (Å²) < 4.78 is 26.2. The first kappa shape index (κ1) is 26.6. The Morgan fingerprint density at radius 3 is 1.96 bits per heavy atom. The quantitative estimate of drug-likeness (QED) is 0.675. The first-order valence-electron chi connectivity index (χ1n) is 7.91. The first-order chi connectivity index (χ1) is 12.8. The standard InChI is InChI=1S/C15H12ClF2NO.C3H8.2CH2O/c1-8-3-4-10(5-9(8)2)15(20)19-11-6-12(16)14(18)13(17)7-11;1-3-2;2*1-2/h3-7H,1-2H3,(H,19,20);3H2,1-2H3;2*1H2. The molecule has 0 fully saturated rings. The van der Waals surface area contributed by atoms with E-state index in [0.717, 1.165) is 17.2 Å². The highest BCUT2D eigenvalue weighted by Gasteiger charge is 2.12. The molecule has 4 nitrogen and oxygen atoms in total. The van der Waals surface area contributed by atoms with Crippen LogP contribution in [0.5, 0.6) is 0 Å². The van der Waals surface area contributed by atoms with Crippen molar-refractivity contribution < 1.29 is 23.2 Å². The van der Waals surface area contributed by atoms with Crippen LogP contribution in [-0.4, -0.2) is 19.5 Å². The van der Waals surface area contributed by atoms with Crippen molar-refractivity contribution in [1.82, 2.24) is 0 Å². The Bertz CT molecular complexity index is 714. The predicted molar refractivity (Wildman–Crippen MR) is 105 cm³/mol. The first-order valence-corrected chi connectivity index (χ1v) is 8.28. The van der Waals surface area contributed by atoms with Gasteiger partial charge in [0.1, 0.15) is 13.6 Å². The molecule has 7 heteroatoms. The maximum absolute atomic E-state index is 13.2. The Kier molecular flexibility index (Phi) is 14.4. The van der Waals surface area contributed by atoms with E-state index in [1.165, 1.54) is 12.5 Å². The van der Waals surface area contributed by atoms with Crippen LogP contribution in [0.1, 0.15) is 41.8 Å². The molecule has 0 atom stereocenters. The lowest BCUT2D eigenvalue weighted by Gasteiger charge is -2.08. The van der Waals surface area contributed by atoms with Crippen molar-refractivity contribution in [3.8, 4) is 0 Å². The molecule has 0 bridgehead atoms. The number of amides is 1. The van der Waals surface area contributed by atoms with Crippen molar-refractivity contribution in [2.75, 3.05) is 5.32 Å². The van der Waals surface area contributed by atoms with Crippen LogP contribution in [0, 0.1) is 25.5 Å². The van der Waals surface area contributed by atoms with Gasteiger partial charge in [0, 0.05) is 17.3 Å². The van der Waals surface area contributed by atoms with E-state index in [0.29, 0.717) is 5.56 Å². The van der Waals surface area contributed by atoms with E-state index in [-0.39, 0.29) is 10.7 Å². The molecule has 1 amide bonds. The Balaban J connectivity index is 0. The second kappa shape index (κ2) is 14.6. The van der Waals surface area contributed by atoms with Crippen molar-refractivity contribution in [3.63, 3.8) is 0 Å². The number of carbonyl (C=O) groups is 3. The molecule has 0 aliphatic heterocycles. The summed E-state index contributed by atoms with van der Waals surface area (Å²) in [6, 6.07) is 7.27. The predicted octanol–water partition coefficient (Wildman–Crippen LogP) is 5.53. The van der Waals surface area contributed by atoms with Gasteiger partial charge in [0.2, 0.25) is 0 Å². The van der Waals surface area contributed by atoms with Crippen molar-refractivity contribution in [1.29, 1.82) is 0 Å². The number of halogens is 3. The number of anilines is 1. The average Bonchev–Trinajstić information content (AvgIpc) is 2.66. The van der Waals surface area contributed by atoms with Gasteiger partial charge in [-0.2, -0.15) is 0 Å². The summed E-state index contributed by atoms with van der Waals surface area (Å²) in [5.74, 6) is -2.64. The van der Waals surface area contributed by atoms with E-state index in [1.54, 1.807) is 12.1 Å². The lowest BCUT2D eigenvalue weighted by atomic mass is 10.1. The highest BCUT2D eigenvalue weighted by Crippen LogP contribution is 2.23. The molecule has 0 saturated heterocycles. The molecule has 2 aromatic carbocycles. The maximum Gasteiger partial charge on any atom is 0.255 e. The summed E-state index contributed by atoms with van der Waals surface area (Å²) in [6.45, 7) is 12.1. The topological polar surface area (TPSA) is 63.2 Å². The van der Waals surface area contributed by atoms with Gasteiger partial charge in [0.05, 0.1) is 5.02 Å². The van der Waals surface area contributed by atoms with Gasteiger partial charge < -0.3 is 14.9 Å². The highest BCUT2D eigenvalue weighted by atomic mass is 35.5. The molecule has 0 aromatic heterocycles. The van der Waals surface area contributed by atoms with Crippen LogP contribution in [0.2, 0.25) is 5.02 Å². The van der Waals surface area contributed by atoms with Crippen LogP contribution < -0.4 is 5.32 Å². The van der Waals surface area contributed by atoms with Crippen LogP contribution in [0.15, 0.2) is 30.3 Å². The van der Waals surface area contributed by atoms with Crippen molar-refractivity contribution in [3.05, 3.63) is 63.7 Å². The Labute approximate surface area is 163 Å². The van der Waals surface area contributed by atoms with Crippen LogP contribution in [-0.2, 0) is 9.59 Å². The minimum atomic E-state index is -1.13. The van der Waals surface area contributed by atoms with Gasteiger partial charge in [-0.15, -0.1) is 0 Å². The molecule has 0 saturated carbocycles. The largest absolute Gasteiger partial charge is 0.322 e. The molecular formula is C20H24ClF2NO3. The maximum atomic E-state index is 13.2. The van der Waals surface area contributed by atoms with Gasteiger partial charge in [-0.1, -0.05) is 37.9 Å². The average molecular weight is 400 g/mol. The van der Waals surface area contributed by atoms with Crippen molar-refractivity contribution in [2.24, 2.45) is 0 Å². The molecule has 1 N–H and O–H groups in total. The van der Waals surface area contributed by atoms with E-state index in [4.69, 9.17) is 21.2 Å². The highest BCUT2D eigenvalue weighted by molar-refractivity contribution is 6.31. The minimum absolute atomic E-state index is 0.108. The summed E-state index contributed by atoms with van der Waals surface area (Å²) in [4.78, 5) is 28.0. The van der Waals surface area contributed by atoms with E-state index in [1.807, 2.05) is 33.5 Å². The number of aryl methyl sites for hydroxylation is 2. The Hall–Kier alpha value is -2.60. The normalized spacial score (nSPS) is 8.70. The zero-order chi connectivity index (χ0) is 21.6. The fraction of sp³-hybridized carbons (Fsp3) is 0.250. The van der Waals surface area contributed by atoms with Crippen molar-refractivity contribution >= 4 is 36.8 Å². The van der Waals surface area contributed by atoms with E-state index in [9.17, 15) is 13.6 Å². The summed E-state index contributed by atoms with van der Waals surface area (Å²) in [5, 5.41) is 2.11. The number of carbonyl (C=O) groups excluding carboxylic acids is 3. The fourth-order valence-corrected chi connectivity index (χ4v) is 1.92. The third kappa shape index (κ3) is 9.06.